The Bertz CT molecular complexity index is 421. The molecule has 2 fully saturated rings. The molecule has 2 unspecified atom stereocenters. The predicted octanol–water partition coefficient (Wildman–Crippen LogP) is 1.14. The van der Waals surface area contributed by atoms with Gasteiger partial charge in [-0.25, -0.2) is 0 Å². The summed E-state index contributed by atoms with van der Waals surface area (Å²) in [6.07, 6.45) is 5.43. The standard InChI is InChI=1S/C14H18N2O2/c17-13-8-11-4-5-12(9-13)16(11)14(18)7-10-3-1-2-6-15-10/h1-3,6,11-13,17H,4-5,7-9H2. The van der Waals surface area contributed by atoms with Gasteiger partial charge in [0, 0.05) is 24.0 Å². The lowest BCUT2D eigenvalue weighted by Gasteiger charge is -2.37. The van der Waals surface area contributed by atoms with Crippen LogP contribution < -0.4 is 0 Å². The van der Waals surface area contributed by atoms with E-state index in [2.05, 4.69) is 4.98 Å². The van der Waals surface area contributed by atoms with E-state index in [9.17, 15) is 9.90 Å². The van der Waals surface area contributed by atoms with E-state index in [1.165, 1.54) is 0 Å². The molecule has 0 aliphatic carbocycles. The van der Waals surface area contributed by atoms with Crippen LogP contribution in [0.5, 0.6) is 0 Å². The lowest BCUT2D eigenvalue weighted by molar-refractivity contribution is -0.136. The molecule has 2 saturated heterocycles. The van der Waals surface area contributed by atoms with Crippen molar-refractivity contribution in [3.63, 3.8) is 0 Å². The fourth-order valence-corrected chi connectivity index (χ4v) is 3.30. The molecule has 0 saturated carbocycles. The second-order valence-electron chi connectivity index (χ2n) is 5.31. The monoisotopic (exact) mass is 246 g/mol. The van der Waals surface area contributed by atoms with Crippen LogP contribution in [0.1, 0.15) is 31.4 Å². The van der Waals surface area contributed by atoms with Crippen LogP contribution in [0.3, 0.4) is 0 Å². The third-order valence-electron chi connectivity index (χ3n) is 4.05. The van der Waals surface area contributed by atoms with E-state index in [-0.39, 0.29) is 24.1 Å². The highest BCUT2D eigenvalue weighted by Gasteiger charge is 2.42. The molecule has 1 aromatic heterocycles. The zero-order valence-corrected chi connectivity index (χ0v) is 10.3. The van der Waals surface area contributed by atoms with Crippen molar-refractivity contribution >= 4 is 5.91 Å². The fraction of sp³-hybridized carbons (Fsp3) is 0.571. The van der Waals surface area contributed by atoms with Gasteiger partial charge in [0.1, 0.15) is 0 Å². The normalized spacial score (nSPS) is 30.5. The van der Waals surface area contributed by atoms with Crippen LogP contribution in [-0.2, 0) is 11.2 Å². The number of hydrogen-bond acceptors (Lipinski definition) is 3. The molecule has 3 heterocycles. The van der Waals surface area contributed by atoms with E-state index in [1.807, 2.05) is 23.1 Å². The lowest BCUT2D eigenvalue weighted by atomic mass is 9.99. The summed E-state index contributed by atoms with van der Waals surface area (Å²) < 4.78 is 0. The Morgan fingerprint density at radius 1 is 1.33 bits per heavy atom. The molecule has 2 atom stereocenters. The molecule has 1 aromatic rings. The quantitative estimate of drug-likeness (QED) is 0.851. The second-order valence-corrected chi connectivity index (χ2v) is 5.31. The second kappa shape index (κ2) is 4.69. The summed E-state index contributed by atoms with van der Waals surface area (Å²) in [7, 11) is 0. The Morgan fingerprint density at radius 2 is 2.06 bits per heavy atom. The number of pyridine rings is 1. The number of carbonyl (C=O) groups excluding carboxylic acids is 1. The Labute approximate surface area is 107 Å². The summed E-state index contributed by atoms with van der Waals surface area (Å²) in [5, 5.41) is 9.73. The van der Waals surface area contributed by atoms with Crippen LogP contribution in [0.15, 0.2) is 24.4 Å². The van der Waals surface area contributed by atoms with Crippen molar-refractivity contribution in [1.29, 1.82) is 0 Å². The maximum atomic E-state index is 12.3. The number of aliphatic hydroxyl groups excluding tert-OH is 1. The zero-order valence-electron chi connectivity index (χ0n) is 10.3. The molecule has 4 nitrogen and oxygen atoms in total. The van der Waals surface area contributed by atoms with Gasteiger partial charge in [-0.05, 0) is 37.8 Å². The number of aliphatic hydroxyl groups is 1. The smallest absolute Gasteiger partial charge is 0.229 e. The first-order valence-corrected chi connectivity index (χ1v) is 6.63. The molecule has 1 amide bonds. The lowest BCUT2D eigenvalue weighted by Crippen LogP contribution is -2.48. The number of fused-ring (bicyclic) bond motifs is 2. The van der Waals surface area contributed by atoms with Crippen LogP contribution in [0, 0.1) is 0 Å². The molecule has 0 radical (unpaired) electrons. The van der Waals surface area contributed by atoms with Gasteiger partial charge in [-0.1, -0.05) is 6.07 Å². The van der Waals surface area contributed by atoms with Crippen LogP contribution in [0.4, 0.5) is 0 Å². The number of aromatic nitrogens is 1. The van der Waals surface area contributed by atoms with Gasteiger partial charge in [-0.2, -0.15) is 0 Å². The van der Waals surface area contributed by atoms with E-state index in [4.69, 9.17) is 0 Å². The minimum atomic E-state index is -0.221. The predicted molar refractivity (Wildman–Crippen MR) is 66.8 cm³/mol. The molecule has 1 N–H and O–H groups in total. The molecule has 0 aromatic carbocycles. The van der Waals surface area contributed by atoms with Crippen molar-refractivity contribution in [2.45, 2.75) is 50.3 Å². The molecule has 2 aliphatic rings. The zero-order chi connectivity index (χ0) is 12.5. The van der Waals surface area contributed by atoms with Gasteiger partial charge < -0.3 is 10.0 Å². The van der Waals surface area contributed by atoms with Crippen LogP contribution in [-0.4, -0.2) is 39.1 Å². The maximum Gasteiger partial charge on any atom is 0.229 e. The van der Waals surface area contributed by atoms with Gasteiger partial charge >= 0.3 is 0 Å². The minimum Gasteiger partial charge on any atom is -0.393 e. The number of carbonyl (C=O) groups is 1. The summed E-state index contributed by atoms with van der Waals surface area (Å²) in [6.45, 7) is 0. The molecule has 2 bridgehead atoms. The van der Waals surface area contributed by atoms with Gasteiger partial charge in [0.25, 0.3) is 0 Å². The molecule has 96 valence electrons. The largest absolute Gasteiger partial charge is 0.393 e. The molecule has 4 heteroatoms. The van der Waals surface area contributed by atoms with Crippen molar-refractivity contribution in [2.75, 3.05) is 0 Å². The molecule has 18 heavy (non-hydrogen) atoms. The fourth-order valence-electron chi connectivity index (χ4n) is 3.30. The van der Waals surface area contributed by atoms with Gasteiger partial charge in [-0.3, -0.25) is 9.78 Å². The molecular formula is C14H18N2O2. The summed E-state index contributed by atoms with van der Waals surface area (Å²) in [5.41, 5.74) is 0.827. The summed E-state index contributed by atoms with van der Waals surface area (Å²) in [4.78, 5) is 18.5. The third kappa shape index (κ3) is 2.12. The topological polar surface area (TPSA) is 53.4 Å². The number of piperidine rings is 1. The Balaban J connectivity index is 1.70. The molecule has 2 aliphatic heterocycles. The van der Waals surface area contributed by atoms with E-state index >= 15 is 0 Å². The first-order valence-electron chi connectivity index (χ1n) is 6.63. The Kier molecular flexibility index (Phi) is 3.04. The van der Waals surface area contributed by atoms with Crippen molar-refractivity contribution in [2.24, 2.45) is 0 Å². The summed E-state index contributed by atoms with van der Waals surface area (Å²) >= 11 is 0. The van der Waals surface area contributed by atoms with Crippen LogP contribution in [0.2, 0.25) is 0 Å². The van der Waals surface area contributed by atoms with E-state index in [1.54, 1.807) is 6.20 Å². The maximum absolute atomic E-state index is 12.3. The SMILES string of the molecule is O=C(Cc1ccccn1)N1C2CCC1CC(O)C2. The summed E-state index contributed by atoms with van der Waals surface area (Å²) in [5.74, 6) is 0.160. The number of rotatable bonds is 2. The van der Waals surface area contributed by atoms with Crippen molar-refractivity contribution < 1.29 is 9.90 Å². The highest BCUT2D eigenvalue weighted by Crippen LogP contribution is 2.35. The minimum absolute atomic E-state index is 0.160. The third-order valence-corrected chi connectivity index (χ3v) is 4.05. The van der Waals surface area contributed by atoms with Gasteiger partial charge in [0.05, 0.1) is 12.5 Å². The first-order chi connectivity index (χ1) is 8.74. The van der Waals surface area contributed by atoms with Gasteiger partial charge in [0.2, 0.25) is 5.91 Å². The van der Waals surface area contributed by atoms with Crippen molar-refractivity contribution in [3.05, 3.63) is 30.1 Å². The van der Waals surface area contributed by atoms with Crippen LogP contribution >= 0.6 is 0 Å². The number of nitrogens with zero attached hydrogens (tertiary/aromatic N) is 2. The van der Waals surface area contributed by atoms with E-state index in [0.29, 0.717) is 6.42 Å². The van der Waals surface area contributed by atoms with E-state index in [0.717, 1.165) is 31.4 Å². The Morgan fingerprint density at radius 3 is 2.67 bits per heavy atom. The first kappa shape index (κ1) is 11.7. The average molecular weight is 246 g/mol. The summed E-state index contributed by atoms with van der Waals surface area (Å²) in [6, 6.07) is 6.14. The molecular weight excluding hydrogens is 228 g/mol. The molecule has 3 rings (SSSR count). The van der Waals surface area contributed by atoms with Crippen LogP contribution in [0.25, 0.3) is 0 Å². The molecule has 0 spiro atoms. The van der Waals surface area contributed by atoms with E-state index < -0.39 is 0 Å². The van der Waals surface area contributed by atoms with Gasteiger partial charge in [0.15, 0.2) is 0 Å². The van der Waals surface area contributed by atoms with Gasteiger partial charge in [-0.15, -0.1) is 0 Å². The van der Waals surface area contributed by atoms with Crippen molar-refractivity contribution in [3.8, 4) is 0 Å². The highest BCUT2D eigenvalue weighted by molar-refractivity contribution is 5.79. The number of amides is 1. The highest BCUT2D eigenvalue weighted by atomic mass is 16.3. The number of hydrogen-bond donors (Lipinski definition) is 1. The average Bonchev–Trinajstić information content (AvgIpc) is 2.63. The Hall–Kier alpha value is -1.42. The van der Waals surface area contributed by atoms with Crippen molar-refractivity contribution in [1.82, 2.24) is 9.88 Å².